The van der Waals surface area contributed by atoms with Gasteiger partial charge in [0.15, 0.2) is 11.4 Å². The molecular formula is C48H63N7O11S2. The molecule has 68 heavy (non-hydrogen) atoms. The smallest absolute Gasteiger partial charge is 0.411 e. The number of hydrogen-bond donors (Lipinski definition) is 5. The van der Waals surface area contributed by atoms with Crippen LogP contribution < -0.4 is 30.1 Å². The minimum Gasteiger partial charge on any atom is -0.497 e. The van der Waals surface area contributed by atoms with Crippen LogP contribution in [0, 0.1) is 5.92 Å². The highest BCUT2D eigenvalue weighted by atomic mass is 32.2. The molecule has 6 rings (SSSR count). The molecule has 2 aromatic carbocycles. The topological polar surface area (TPSA) is 237 Å². The zero-order valence-corrected chi connectivity index (χ0v) is 41.3. The van der Waals surface area contributed by atoms with Gasteiger partial charge in [-0.25, -0.2) is 27.9 Å². The highest BCUT2D eigenvalue weighted by Gasteiger charge is 2.61. The standard InChI is InChI=1S/C48H63N7O11S2/c1-9-30-26-48(30,44(59)54-68(61,62)40-18-16-15-17-34(40)51-41(56)19-13-11-10-12-14-20-42(57)64-8)53-43(58)38-24-32(27-55(38)46(60)66-47(4,5)6)65-39-25-36(37-28-67-45(52-37)49-29(2)3)50-35-23-31(63-7)21-22-33(35)39/h9,15-18,21-23,25,28-30,32,38,42,57H,1,10-14,19-20,24,26-27H2,2-8H3,(H,49,52)(H,51,56)(H,53,58)(H,54,59)/t30-,32-,38+,42?,48-/m1/s1. The van der Waals surface area contributed by atoms with Gasteiger partial charge in [-0.1, -0.05) is 37.5 Å². The summed E-state index contributed by atoms with van der Waals surface area (Å²) < 4.78 is 52.7. The van der Waals surface area contributed by atoms with Crippen molar-refractivity contribution in [2.45, 2.75) is 133 Å². The van der Waals surface area contributed by atoms with Crippen molar-refractivity contribution in [2.75, 3.05) is 31.4 Å². The molecule has 3 heterocycles. The number of nitrogens with zero attached hydrogens (tertiary/aromatic N) is 3. The molecule has 368 valence electrons. The number of anilines is 2. The van der Waals surface area contributed by atoms with Gasteiger partial charge in [-0.2, -0.15) is 0 Å². The minimum absolute atomic E-state index is 0.0140. The van der Waals surface area contributed by atoms with E-state index in [9.17, 15) is 32.7 Å². The van der Waals surface area contributed by atoms with Gasteiger partial charge < -0.3 is 40.0 Å². The van der Waals surface area contributed by atoms with Gasteiger partial charge in [-0.3, -0.25) is 19.3 Å². The highest BCUT2D eigenvalue weighted by Crippen LogP contribution is 2.45. The summed E-state index contributed by atoms with van der Waals surface area (Å²) in [5.41, 5.74) is -0.956. The Morgan fingerprint density at radius 3 is 2.44 bits per heavy atom. The molecule has 2 aliphatic rings. The van der Waals surface area contributed by atoms with Gasteiger partial charge in [0, 0.05) is 54.8 Å². The monoisotopic (exact) mass is 977 g/mol. The van der Waals surface area contributed by atoms with Crippen LogP contribution in [0.5, 0.6) is 11.5 Å². The third-order valence-electron chi connectivity index (χ3n) is 11.5. The number of fused-ring (bicyclic) bond motifs is 1. The van der Waals surface area contributed by atoms with E-state index in [1.54, 1.807) is 52.1 Å². The van der Waals surface area contributed by atoms with Crippen LogP contribution in [-0.4, -0.2) is 109 Å². The molecule has 4 aromatic rings. The van der Waals surface area contributed by atoms with Crippen molar-refractivity contribution in [3.05, 3.63) is 66.6 Å². The number of pyridine rings is 1. The van der Waals surface area contributed by atoms with Crippen molar-refractivity contribution >= 4 is 66.9 Å². The number of unbranched alkanes of at least 4 members (excludes halogenated alkanes) is 4. The zero-order chi connectivity index (χ0) is 49.4. The maximum atomic E-state index is 14.5. The second-order valence-corrected chi connectivity index (χ2v) is 20.8. The number of carbonyl (C=O) groups excluding carboxylic acids is 4. The number of hydrogen-bond acceptors (Lipinski definition) is 15. The summed E-state index contributed by atoms with van der Waals surface area (Å²) in [6, 6.07) is 11.8. The van der Waals surface area contributed by atoms with Crippen molar-refractivity contribution in [1.29, 1.82) is 0 Å². The Hall–Kier alpha value is -5.83. The predicted molar refractivity (Wildman–Crippen MR) is 259 cm³/mol. The number of aromatic nitrogens is 2. The van der Waals surface area contributed by atoms with Gasteiger partial charge in [0.25, 0.3) is 15.9 Å². The Morgan fingerprint density at radius 1 is 1.01 bits per heavy atom. The van der Waals surface area contributed by atoms with E-state index in [0.29, 0.717) is 46.6 Å². The number of methoxy groups -OCH3 is 2. The fourth-order valence-electron chi connectivity index (χ4n) is 7.94. The van der Waals surface area contributed by atoms with Crippen LogP contribution in [0.3, 0.4) is 0 Å². The summed E-state index contributed by atoms with van der Waals surface area (Å²) in [7, 11) is -1.60. The van der Waals surface area contributed by atoms with Crippen LogP contribution in [0.25, 0.3) is 22.3 Å². The van der Waals surface area contributed by atoms with Crippen LogP contribution in [0.15, 0.2) is 71.5 Å². The first-order valence-electron chi connectivity index (χ1n) is 22.7. The normalized spacial score (nSPS) is 19.5. The maximum Gasteiger partial charge on any atom is 0.411 e. The summed E-state index contributed by atoms with van der Waals surface area (Å²) >= 11 is 1.44. The molecule has 1 saturated carbocycles. The quantitative estimate of drug-likeness (QED) is 0.0299. The largest absolute Gasteiger partial charge is 0.497 e. The number of aliphatic hydroxyl groups excluding tert-OH is 1. The number of ether oxygens (including phenoxy) is 4. The molecule has 2 fully saturated rings. The molecule has 0 spiro atoms. The van der Waals surface area contributed by atoms with E-state index in [-0.39, 0.29) is 42.4 Å². The van der Waals surface area contributed by atoms with E-state index in [1.165, 1.54) is 47.6 Å². The van der Waals surface area contributed by atoms with Gasteiger partial charge in [0.2, 0.25) is 11.8 Å². The highest BCUT2D eigenvalue weighted by molar-refractivity contribution is 7.90. The van der Waals surface area contributed by atoms with Gasteiger partial charge in [-0.15, -0.1) is 17.9 Å². The minimum atomic E-state index is -4.60. The zero-order valence-electron chi connectivity index (χ0n) is 39.6. The van der Waals surface area contributed by atoms with E-state index in [0.717, 1.165) is 30.8 Å². The van der Waals surface area contributed by atoms with Gasteiger partial charge in [0.1, 0.15) is 45.4 Å². The summed E-state index contributed by atoms with van der Waals surface area (Å²) in [6.45, 7) is 12.9. The Bertz CT molecular complexity index is 2580. The van der Waals surface area contributed by atoms with Crippen molar-refractivity contribution in [3.8, 4) is 22.9 Å². The molecule has 1 aliphatic carbocycles. The molecule has 20 heteroatoms. The lowest BCUT2D eigenvalue weighted by molar-refractivity contribution is -0.131. The molecule has 5 N–H and O–H groups in total. The summed E-state index contributed by atoms with van der Waals surface area (Å²) in [6.07, 6.45) is 3.66. The first kappa shape index (κ1) is 51.6. The molecule has 2 aromatic heterocycles. The summed E-state index contributed by atoms with van der Waals surface area (Å²) in [4.78, 5) is 65.9. The molecule has 18 nitrogen and oxygen atoms in total. The van der Waals surface area contributed by atoms with E-state index in [1.807, 2.05) is 25.3 Å². The van der Waals surface area contributed by atoms with Crippen LogP contribution in [0.4, 0.5) is 15.6 Å². The first-order chi connectivity index (χ1) is 32.2. The van der Waals surface area contributed by atoms with Crippen LogP contribution in [0.2, 0.25) is 0 Å². The van der Waals surface area contributed by atoms with E-state index in [4.69, 9.17) is 28.9 Å². The van der Waals surface area contributed by atoms with Gasteiger partial charge >= 0.3 is 6.09 Å². The number of benzene rings is 2. The van der Waals surface area contributed by atoms with Crippen LogP contribution in [0.1, 0.15) is 92.4 Å². The fourth-order valence-corrected chi connectivity index (χ4v) is 10.00. The Balaban J connectivity index is 1.18. The van der Waals surface area contributed by atoms with Crippen molar-refractivity contribution in [1.82, 2.24) is 24.9 Å². The lowest BCUT2D eigenvalue weighted by atomic mass is 10.1. The number of carbonyl (C=O) groups is 4. The number of aliphatic hydroxyl groups is 1. The van der Waals surface area contributed by atoms with E-state index < -0.39 is 69.3 Å². The Labute approximate surface area is 401 Å². The molecule has 1 saturated heterocycles. The second kappa shape index (κ2) is 22.1. The Kier molecular flexibility index (Phi) is 16.7. The van der Waals surface area contributed by atoms with Gasteiger partial charge in [-0.05, 0) is 84.6 Å². The van der Waals surface area contributed by atoms with Crippen molar-refractivity contribution in [2.24, 2.45) is 5.92 Å². The number of para-hydroxylation sites is 1. The predicted octanol–water partition coefficient (Wildman–Crippen LogP) is 7.14. The molecule has 5 atom stereocenters. The summed E-state index contributed by atoms with van der Waals surface area (Å²) in [5, 5.41) is 21.5. The third kappa shape index (κ3) is 13.0. The number of thiazole rings is 1. The van der Waals surface area contributed by atoms with Gasteiger partial charge in [0.05, 0.1) is 30.6 Å². The number of amides is 4. The molecule has 4 amide bonds. The fraction of sp³-hybridized carbons (Fsp3) is 0.500. The molecule has 1 aliphatic heterocycles. The van der Waals surface area contributed by atoms with Crippen LogP contribution in [-0.2, 0) is 33.9 Å². The lowest BCUT2D eigenvalue weighted by Crippen LogP contribution is -2.56. The van der Waals surface area contributed by atoms with Crippen molar-refractivity contribution in [3.63, 3.8) is 0 Å². The SMILES string of the molecule is C=C[C@@H]1C[C@]1(NC(=O)[C@@H]1C[C@@H](Oc2cc(-c3csc(NC(C)C)n3)nc3cc(OC)ccc23)CN1C(=O)OC(C)(C)C)C(=O)NS(=O)(=O)c1ccccc1NC(=O)CCCCCCCC(O)OC. The lowest BCUT2D eigenvalue weighted by Gasteiger charge is -2.29. The van der Waals surface area contributed by atoms with Crippen LogP contribution >= 0.6 is 11.3 Å². The van der Waals surface area contributed by atoms with E-state index in [2.05, 4.69) is 27.3 Å². The second-order valence-electron chi connectivity index (χ2n) is 18.3. The van der Waals surface area contributed by atoms with E-state index >= 15 is 0 Å². The maximum absolute atomic E-state index is 14.5. The number of nitrogens with one attached hydrogen (secondary N) is 4. The average molecular weight is 978 g/mol. The van der Waals surface area contributed by atoms with Crippen molar-refractivity contribution < 1.29 is 51.6 Å². The number of sulfonamides is 1. The summed E-state index contributed by atoms with van der Waals surface area (Å²) in [5.74, 6) is -1.78. The molecule has 0 bridgehead atoms. The molecular weight excluding hydrogens is 915 g/mol. The Morgan fingerprint density at radius 2 is 1.75 bits per heavy atom. The molecule has 0 radical (unpaired) electrons. The number of likely N-dealkylation sites (tertiary alicyclic amines) is 1. The first-order valence-corrected chi connectivity index (χ1v) is 25.1. The number of rotatable bonds is 22. The average Bonchev–Trinajstić information content (AvgIpc) is 3.54. The molecule has 1 unspecified atom stereocenters. The third-order valence-corrected chi connectivity index (χ3v) is 13.7.